The first kappa shape index (κ1) is 23.9. The number of nitrogens with one attached hydrogen (secondary N) is 3. The Hall–Kier alpha value is -4.77. The summed E-state index contributed by atoms with van der Waals surface area (Å²) >= 11 is 6.17. The average molecular weight is 517 g/mol. The molecule has 2 aromatic carbocycles. The van der Waals surface area contributed by atoms with Gasteiger partial charge in [-0.2, -0.15) is 4.68 Å². The number of H-pyrrole nitrogens is 1. The third-order valence-corrected chi connectivity index (χ3v) is 5.78. The highest BCUT2D eigenvalue weighted by molar-refractivity contribution is 6.30. The first-order valence-corrected chi connectivity index (χ1v) is 11.7. The molecule has 0 aliphatic carbocycles. The second-order valence-corrected chi connectivity index (χ2v) is 8.45. The molecule has 12 heteroatoms. The predicted molar refractivity (Wildman–Crippen MR) is 137 cm³/mol. The van der Waals surface area contributed by atoms with Gasteiger partial charge in [-0.15, -0.1) is 5.10 Å². The number of imidazole rings is 1. The molecule has 0 saturated heterocycles. The number of rotatable bonds is 4. The molecule has 0 saturated carbocycles. The van der Waals surface area contributed by atoms with Crippen LogP contribution in [-0.4, -0.2) is 48.8 Å². The number of cyclic esters (lactones) is 1. The van der Waals surface area contributed by atoms with E-state index in [4.69, 9.17) is 16.3 Å². The SMILES string of the molecule is O=C(C=Cc1cc(Cl)ccc1-n1cnnn1)NC1CC=CCOC(=O)Nc2ccccc2-c2cnc1[nH]2. The molecule has 3 N–H and O–H groups in total. The highest BCUT2D eigenvalue weighted by atomic mass is 35.5. The van der Waals surface area contributed by atoms with Gasteiger partial charge in [0.1, 0.15) is 18.8 Å². The molecule has 2 bridgehead atoms. The molecule has 2 aromatic heterocycles. The minimum atomic E-state index is -0.562. The lowest BCUT2D eigenvalue weighted by atomic mass is 10.1. The van der Waals surface area contributed by atoms with Crippen molar-refractivity contribution in [3.8, 4) is 16.9 Å². The van der Waals surface area contributed by atoms with Crippen molar-refractivity contribution in [2.45, 2.75) is 12.5 Å². The maximum absolute atomic E-state index is 12.9. The molecular formula is C25H21ClN8O3. The molecule has 5 rings (SSSR count). The standard InChI is InChI=1S/C25H21ClN8O3/c26-17-9-10-22(34-15-28-32-33-34)16(13-17)8-11-23(35)29-20-7-3-4-12-37-25(36)31-19-6-2-1-5-18(19)21-14-27-24(20)30-21/h1-6,8-11,13-15,20H,7,12H2,(H,27,30)(H,29,35)(H,31,36). The van der Waals surface area contributed by atoms with E-state index < -0.39 is 12.1 Å². The van der Waals surface area contributed by atoms with E-state index in [0.717, 1.165) is 5.56 Å². The molecule has 0 spiro atoms. The summed E-state index contributed by atoms with van der Waals surface area (Å²) in [4.78, 5) is 32.9. The number of para-hydroxylation sites is 1. The van der Waals surface area contributed by atoms with Crippen molar-refractivity contribution in [1.29, 1.82) is 0 Å². The Labute approximate surface area is 216 Å². The molecule has 2 amide bonds. The molecule has 1 aliphatic heterocycles. The zero-order valence-corrected chi connectivity index (χ0v) is 20.1. The van der Waals surface area contributed by atoms with Crippen molar-refractivity contribution in [3.63, 3.8) is 0 Å². The number of anilines is 1. The number of halogens is 1. The van der Waals surface area contributed by atoms with Crippen molar-refractivity contribution in [3.05, 3.63) is 89.6 Å². The van der Waals surface area contributed by atoms with Gasteiger partial charge < -0.3 is 15.0 Å². The van der Waals surface area contributed by atoms with Crippen molar-refractivity contribution in [1.82, 2.24) is 35.5 Å². The lowest BCUT2D eigenvalue weighted by molar-refractivity contribution is -0.117. The summed E-state index contributed by atoms with van der Waals surface area (Å²) in [5.41, 5.74) is 3.34. The van der Waals surface area contributed by atoms with E-state index in [1.165, 1.54) is 17.1 Å². The van der Waals surface area contributed by atoms with E-state index in [2.05, 4.69) is 36.1 Å². The topological polar surface area (TPSA) is 140 Å². The maximum Gasteiger partial charge on any atom is 0.411 e. The van der Waals surface area contributed by atoms with E-state index in [-0.39, 0.29) is 12.5 Å². The highest BCUT2D eigenvalue weighted by Crippen LogP contribution is 2.28. The number of aromatic nitrogens is 6. The zero-order chi connectivity index (χ0) is 25.6. The molecule has 186 valence electrons. The molecule has 0 radical (unpaired) electrons. The minimum Gasteiger partial charge on any atom is -0.445 e. The Bertz CT molecular complexity index is 1480. The normalized spacial score (nSPS) is 15.6. The van der Waals surface area contributed by atoms with E-state index in [1.54, 1.807) is 42.6 Å². The van der Waals surface area contributed by atoms with Crippen molar-refractivity contribution < 1.29 is 14.3 Å². The van der Waals surface area contributed by atoms with E-state index >= 15 is 0 Å². The average Bonchev–Trinajstić information content (AvgIpc) is 3.60. The van der Waals surface area contributed by atoms with Gasteiger partial charge >= 0.3 is 6.09 Å². The molecule has 1 atom stereocenters. The quantitative estimate of drug-likeness (QED) is 0.274. The van der Waals surface area contributed by atoms with Crippen LogP contribution in [0.25, 0.3) is 23.0 Å². The number of tetrazole rings is 1. The van der Waals surface area contributed by atoms with Crippen LogP contribution in [0.3, 0.4) is 0 Å². The minimum absolute atomic E-state index is 0.0891. The largest absolute Gasteiger partial charge is 0.445 e. The molecule has 37 heavy (non-hydrogen) atoms. The van der Waals surface area contributed by atoms with Crippen LogP contribution >= 0.6 is 11.6 Å². The summed E-state index contributed by atoms with van der Waals surface area (Å²) in [6, 6.07) is 12.0. The van der Waals surface area contributed by atoms with Gasteiger partial charge in [-0.3, -0.25) is 10.1 Å². The number of benzene rings is 2. The monoisotopic (exact) mass is 516 g/mol. The van der Waals surface area contributed by atoms with Gasteiger partial charge in [0, 0.05) is 22.2 Å². The Morgan fingerprint density at radius 3 is 2.97 bits per heavy atom. The lowest BCUT2D eigenvalue weighted by Gasteiger charge is -2.14. The van der Waals surface area contributed by atoms with Crippen LogP contribution in [0.5, 0.6) is 0 Å². The summed E-state index contributed by atoms with van der Waals surface area (Å²) in [6.45, 7) is 0.0891. The van der Waals surface area contributed by atoms with Gasteiger partial charge in [0.25, 0.3) is 0 Å². The van der Waals surface area contributed by atoms with Gasteiger partial charge in [0.15, 0.2) is 0 Å². The van der Waals surface area contributed by atoms with Crippen molar-refractivity contribution in [2.24, 2.45) is 0 Å². The van der Waals surface area contributed by atoms with Gasteiger partial charge in [-0.1, -0.05) is 42.0 Å². The number of fused-ring (bicyclic) bond motifs is 4. The second-order valence-electron chi connectivity index (χ2n) is 8.01. The number of carbonyl (C=O) groups is 2. The number of hydrogen-bond donors (Lipinski definition) is 3. The number of amides is 2. The van der Waals surface area contributed by atoms with Gasteiger partial charge in [0.2, 0.25) is 5.91 Å². The van der Waals surface area contributed by atoms with Crippen LogP contribution < -0.4 is 10.6 Å². The van der Waals surface area contributed by atoms with E-state index in [1.807, 2.05) is 24.3 Å². The zero-order valence-electron chi connectivity index (χ0n) is 19.3. The summed E-state index contributed by atoms with van der Waals surface area (Å²) in [7, 11) is 0. The molecule has 4 aromatic rings. The predicted octanol–water partition coefficient (Wildman–Crippen LogP) is 4.08. The smallest absolute Gasteiger partial charge is 0.411 e. The molecule has 3 heterocycles. The van der Waals surface area contributed by atoms with Crippen LogP contribution in [0.1, 0.15) is 23.9 Å². The highest BCUT2D eigenvalue weighted by Gasteiger charge is 2.18. The van der Waals surface area contributed by atoms with E-state index in [0.29, 0.717) is 39.9 Å². The Morgan fingerprint density at radius 2 is 2.11 bits per heavy atom. The Morgan fingerprint density at radius 1 is 1.22 bits per heavy atom. The third-order valence-electron chi connectivity index (χ3n) is 5.54. The fourth-order valence-electron chi connectivity index (χ4n) is 3.81. The fraction of sp³-hybridized carbons (Fsp3) is 0.120. The van der Waals surface area contributed by atoms with Gasteiger partial charge in [-0.25, -0.2) is 9.78 Å². The Kier molecular flexibility index (Phi) is 7.04. The second kappa shape index (κ2) is 10.9. The maximum atomic E-state index is 12.9. The first-order valence-electron chi connectivity index (χ1n) is 11.3. The molecule has 1 unspecified atom stereocenters. The van der Waals surface area contributed by atoms with Crippen LogP contribution in [0, 0.1) is 0 Å². The number of hydrogen-bond acceptors (Lipinski definition) is 7. The van der Waals surface area contributed by atoms with Crippen LogP contribution in [0.4, 0.5) is 10.5 Å². The fourth-order valence-corrected chi connectivity index (χ4v) is 3.99. The van der Waals surface area contributed by atoms with Crippen molar-refractivity contribution in [2.75, 3.05) is 11.9 Å². The summed E-state index contributed by atoms with van der Waals surface area (Å²) < 4.78 is 6.70. The van der Waals surface area contributed by atoms with Crippen molar-refractivity contribution >= 4 is 35.4 Å². The number of carbonyl (C=O) groups excluding carboxylic acids is 2. The molecular weight excluding hydrogens is 496 g/mol. The number of aromatic amines is 1. The Balaban J connectivity index is 1.39. The van der Waals surface area contributed by atoms with E-state index in [9.17, 15) is 9.59 Å². The van der Waals surface area contributed by atoms with Crippen LogP contribution in [0.15, 0.2) is 73.2 Å². The van der Waals surface area contributed by atoms with Crippen LogP contribution in [0.2, 0.25) is 5.02 Å². The van der Waals surface area contributed by atoms with Crippen LogP contribution in [-0.2, 0) is 9.53 Å². The summed E-state index contributed by atoms with van der Waals surface area (Å²) in [5, 5.41) is 17.5. The van der Waals surface area contributed by atoms with Gasteiger partial charge in [0.05, 0.1) is 29.3 Å². The summed E-state index contributed by atoms with van der Waals surface area (Å²) in [6.07, 6.45) is 9.57. The molecule has 1 aliphatic rings. The first-order chi connectivity index (χ1) is 18.1. The lowest BCUT2D eigenvalue weighted by Crippen LogP contribution is -2.27. The van der Waals surface area contributed by atoms with Gasteiger partial charge in [-0.05, 0) is 47.2 Å². The summed E-state index contributed by atoms with van der Waals surface area (Å²) in [5.74, 6) is 0.233. The number of ether oxygens (including phenoxy) is 1. The molecule has 0 fully saturated rings. The third kappa shape index (κ3) is 5.73. The molecule has 11 nitrogen and oxygen atoms in total. The number of nitrogens with zero attached hydrogens (tertiary/aromatic N) is 5.